The Hall–Kier alpha value is -4.42. The van der Waals surface area contributed by atoms with E-state index in [1.54, 1.807) is 24.3 Å². The Morgan fingerprint density at radius 2 is 1.78 bits per heavy atom. The second-order valence-corrected chi connectivity index (χ2v) is 9.72. The van der Waals surface area contributed by atoms with Gasteiger partial charge in [0, 0.05) is 24.4 Å². The first-order valence-corrected chi connectivity index (χ1v) is 12.5. The molecular weight excluding hydrogens is 488 g/mol. The Bertz CT molecular complexity index is 1400. The molecule has 4 rings (SSSR count). The second-order valence-electron chi connectivity index (χ2n) is 8.53. The molecule has 3 aromatic rings. The maximum Gasteiger partial charge on any atom is 0.269 e. The van der Waals surface area contributed by atoms with Crippen molar-refractivity contribution >= 4 is 35.0 Å². The third-order valence-electron chi connectivity index (χ3n) is 5.88. The van der Waals surface area contributed by atoms with Crippen LogP contribution in [0.3, 0.4) is 0 Å². The maximum absolute atomic E-state index is 13.6. The third-order valence-corrected chi connectivity index (χ3v) is 7.15. The number of carbonyl (C=O) groups is 2. The van der Waals surface area contributed by atoms with Crippen molar-refractivity contribution < 1.29 is 14.5 Å². The Morgan fingerprint density at radius 1 is 1.08 bits per heavy atom. The first-order valence-electron chi connectivity index (χ1n) is 11.6. The van der Waals surface area contributed by atoms with E-state index in [-0.39, 0.29) is 28.6 Å². The van der Waals surface area contributed by atoms with Gasteiger partial charge >= 0.3 is 0 Å². The van der Waals surface area contributed by atoms with Crippen LogP contribution < -0.4 is 10.2 Å². The highest BCUT2D eigenvalue weighted by molar-refractivity contribution is 8.05. The number of nitriles is 1. The van der Waals surface area contributed by atoms with Crippen LogP contribution in [0.2, 0.25) is 0 Å². The third kappa shape index (κ3) is 6.05. The molecule has 0 radical (unpaired) electrons. The number of anilines is 1. The molecule has 0 bridgehead atoms. The fourth-order valence-corrected chi connectivity index (χ4v) is 5.29. The lowest BCUT2D eigenvalue weighted by Crippen LogP contribution is -2.32. The molecule has 3 aromatic carbocycles. The smallest absolute Gasteiger partial charge is 0.269 e. The molecule has 1 N–H and O–H groups in total. The van der Waals surface area contributed by atoms with Gasteiger partial charge in [0.1, 0.15) is 16.7 Å². The van der Waals surface area contributed by atoms with E-state index in [9.17, 15) is 25.0 Å². The zero-order valence-corrected chi connectivity index (χ0v) is 20.9. The molecule has 1 heterocycles. The maximum atomic E-state index is 13.6. The van der Waals surface area contributed by atoms with E-state index in [0.717, 1.165) is 22.9 Å². The molecule has 2 amide bonds. The Morgan fingerprint density at radius 3 is 2.46 bits per heavy atom. The van der Waals surface area contributed by atoms with Crippen molar-refractivity contribution in [2.75, 3.05) is 11.4 Å². The SMILES string of the molecule is Cc1ccc(N2C(=O)[C@H](Cc3cccc([N+](=O)[O-])c3)S/C2=C(/C#N)C(=O)NCCc2ccccc2)cc1. The average Bonchev–Trinajstić information content (AvgIpc) is 3.21. The number of nitro benzene ring substituents is 1. The van der Waals surface area contributed by atoms with Gasteiger partial charge in [-0.15, -0.1) is 0 Å². The van der Waals surface area contributed by atoms with Crippen molar-refractivity contribution in [1.82, 2.24) is 5.32 Å². The number of nitrogens with one attached hydrogen (secondary N) is 1. The van der Waals surface area contributed by atoms with Crippen molar-refractivity contribution in [2.45, 2.75) is 25.0 Å². The number of thioether (sulfide) groups is 1. The molecule has 186 valence electrons. The molecule has 1 fully saturated rings. The molecule has 0 saturated carbocycles. The Kier molecular flexibility index (Phi) is 8.01. The van der Waals surface area contributed by atoms with Gasteiger partial charge in [-0.05, 0) is 43.0 Å². The average molecular weight is 513 g/mol. The minimum absolute atomic E-state index is 0.0605. The monoisotopic (exact) mass is 512 g/mol. The molecule has 1 aliphatic rings. The van der Waals surface area contributed by atoms with Crippen LogP contribution >= 0.6 is 11.8 Å². The Balaban J connectivity index is 1.62. The molecule has 0 aromatic heterocycles. The summed E-state index contributed by atoms with van der Waals surface area (Å²) in [5.41, 5.74) is 3.02. The molecule has 8 nitrogen and oxygen atoms in total. The van der Waals surface area contributed by atoms with Crippen molar-refractivity contribution in [3.05, 3.63) is 116 Å². The van der Waals surface area contributed by atoms with Crippen LogP contribution in [0.15, 0.2) is 89.5 Å². The van der Waals surface area contributed by atoms with Crippen LogP contribution in [-0.2, 0) is 22.4 Å². The van der Waals surface area contributed by atoms with E-state index in [2.05, 4.69) is 5.32 Å². The fourth-order valence-electron chi connectivity index (χ4n) is 3.98. The lowest BCUT2D eigenvalue weighted by molar-refractivity contribution is -0.384. The predicted octanol–water partition coefficient (Wildman–Crippen LogP) is 4.69. The minimum Gasteiger partial charge on any atom is -0.351 e. The number of carbonyl (C=O) groups excluding carboxylic acids is 2. The zero-order valence-electron chi connectivity index (χ0n) is 20.1. The summed E-state index contributed by atoms with van der Waals surface area (Å²) in [6.07, 6.45) is 0.815. The van der Waals surface area contributed by atoms with Gasteiger partial charge in [-0.1, -0.05) is 71.9 Å². The summed E-state index contributed by atoms with van der Waals surface area (Å²) >= 11 is 1.13. The van der Waals surface area contributed by atoms with E-state index >= 15 is 0 Å². The fraction of sp³-hybridized carbons (Fsp3) is 0.179. The molecule has 0 spiro atoms. The molecule has 1 saturated heterocycles. The zero-order chi connectivity index (χ0) is 26.4. The van der Waals surface area contributed by atoms with Gasteiger partial charge in [0.25, 0.3) is 11.6 Å². The first-order chi connectivity index (χ1) is 17.9. The van der Waals surface area contributed by atoms with Gasteiger partial charge in [-0.3, -0.25) is 24.6 Å². The molecule has 37 heavy (non-hydrogen) atoms. The number of aryl methyl sites for hydroxylation is 1. The normalized spacial score (nSPS) is 16.3. The Labute approximate surface area is 218 Å². The minimum atomic E-state index is -0.654. The first kappa shape index (κ1) is 25.7. The summed E-state index contributed by atoms with van der Waals surface area (Å²) in [4.78, 5) is 38.7. The number of nitrogens with zero attached hydrogens (tertiary/aromatic N) is 3. The highest BCUT2D eigenvalue weighted by Gasteiger charge is 2.40. The predicted molar refractivity (Wildman–Crippen MR) is 143 cm³/mol. The van der Waals surface area contributed by atoms with Crippen LogP contribution in [0.5, 0.6) is 0 Å². The highest BCUT2D eigenvalue weighted by atomic mass is 32.2. The van der Waals surface area contributed by atoms with Gasteiger partial charge < -0.3 is 5.32 Å². The number of rotatable bonds is 8. The van der Waals surface area contributed by atoms with E-state index < -0.39 is 16.1 Å². The van der Waals surface area contributed by atoms with E-state index in [1.807, 2.05) is 55.5 Å². The molecule has 1 atom stereocenters. The topological polar surface area (TPSA) is 116 Å². The van der Waals surface area contributed by atoms with Crippen LogP contribution in [0.25, 0.3) is 0 Å². The van der Waals surface area contributed by atoms with E-state index in [1.165, 1.54) is 17.0 Å². The quantitative estimate of drug-likeness (QED) is 0.203. The summed E-state index contributed by atoms with van der Waals surface area (Å²) in [5.74, 6) is -0.845. The van der Waals surface area contributed by atoms with Gasteiger partial charge in [-0.2, -0.15) is 5.26 Å². The van der Waals surface area contributed by atoms with Crippen LogP contribution in [0.1, 0.15) is 16.7 Å². The molecule has 0 aliphatic carbocycles. The number of amides is 2. The molecule has 0 unspecified atom stereocenters. The lowest BCUT2D eigenvalue weighted by atomic mass is 10.1. The van der Waals surface area contributed by atoms with Crippen molar-refractivity contribution in [1.29, 1.82) is 5.26 Å². The number of hydrogen-bond donors (Lipinski definition) is 1. The lowest BCUT2D eigenvalue weighted by Gasteiger charge is -2.19. The second kappa shape index (κ2) is 11.5. The number of benzene rings is 3. The summed E-state index contributed by atoms with van der Waals surface area (Å²) < 4.78 is 0. The van der Waals surface area contributed by atoms with E-state index in [0.29, 0.717) is 24.2 Å². The van der Waals surface area contributed by atoms with Crippen molar-refractivity contribution in [2.24, 2.45) is 0 Å². The summed E-state index contributed by atoms with van der Waals surface area (Å²) in [6, 6.07) is 25.0. The van der Waals surface area contributed by atoms with Gasteiger partial charge in [0.2, 0.25) is 5.91 Å². The van der Waals surface area contributed by atoms with Gasteiger partial charge in [-0.25, -0.2) is 0 Å². The number of non-ortho nitro benzene ring substituents is 1. The summed E-state index contributed by atoms with van der Waals surface area (Å²) in [6.45, 7) is 2.26. The van der Waals surface area contributed by atoms with Crippen LogP contribution in [0.4, 0.5) is 11.4 Å². The van der Waals surface area contributed by atoms with Crippen LogP contribution in [-0.4, -0.2) is 28.5 Å². The van der Waals surface area contributed by atoms with E-state index in [4.69, 9.17) is 0 Å². The standard InChI is InChI=1S/C28H24N4O4S/c1-19-10-12-22(13-11-19)31-27(34)25(17-21-8-5-9-23(16-21)32(35)36)37-28(31)24(18-29)26(33)30-15-14-20-6-3-2-4-7-20/h2-13,16,25H,14-15,17H2,1H3,(H,30,33)/b28-24-/t25-/m0/s1. The number of hydrogen-bond acceptors (Lipinski definition) is 6. The molecule has 1 aliphatic heterocycles. The summed E-state index contributed by atoms with van der Waals surface area (Å²) in [5, 5.41) is 23.5. The van der Waals surface area contributed by atoms with Crippen molar-refractivity contribution in [3.63, 3.8) is 0 Å². The largest absolute Gasteiger partial charge is 0.351 e. The van der Waals surface area contributed by atoms with Gasteiger partial charge in [0.05, 0.1) is 10.2 Å². The van der Waals surface area contributed by atoms with Crippen molar-refractivity contribution in [3.8, 4) is 6.07 Å². The van der Waals surface area contributed by atoms with Crippen LogP contribution in [0, 0.1) is 28.4 Å². The summed E-state index contributed by atoms with van der Waals surface area (Å²) in [7, 11) is 0. The number of nitro groups is 1. The molecule has 9 heteroatoms. The molecular formula is C28H24N4O4S. The highest BCUT2D eigenvalue weighted by Crippen LogP contribution is 2.42. The van der Waals surface area contributed by atoms with Gasteiger partial charge in [0.15, 0.2) is 0 Å².